The summed E-state index contributed by atoms with van der Waals surface area (Å²) in [5, 5.41) is 0. The first kappa shape index (κ1) is 23.6. The van der Waals surface area contributed by atoms with E-state index in [4.69, 9.17) is 9.53 Å². The molecule has 7 heteroatoms. The van der Waals surface area contributed by atoms with E-state index in [9.17, 15) is 4.79 Å². The molecule has 5 nitrogen and oxygen atoms in total. The average molecular weight is 596 g/mol. The SMILES string of the molecule is CN(CCCCSc1ccccc1)C(=O)OC(C)(C)C.N[C-]=O.[Fm]. The molecule has 0 aliphatic heterocycles. The van der Waals surface area contributed by atoms with Crippen LogP contribution in [-0.2, 0) is 9.53 Å². The van der Waals surface area contributed by atoms with E-state index in [2.05, 4.69) is 30.0 Å². The van der Waals surface area contributed by atoms with Crippen LogP contribution in [-0.4, -0.2) is 42.3 Å². The van der Waals surface area contributed by atoms with Crippen LogP contribution in [0.5, 0.6) is 0 Å². The summed E-state index contributed by atoms with van der Waals surface area (Å²) in [5.74, 6) is 1.08. The summed E-state index contributed by atoms with van der Waals surface area (Å²) in [5.41, 5.74) is 3.62. The van der Waals surface area contributed by atoms with Crippen LogP contribution in [0.4, 0.5) is 4.79 Å². The molecule has 0 aliphatic rings. The first-order valence-electron chi connectivity index (χ1n) is 7.50. The molecule has 0 fully saturated rings. The van der Waals surface area contributed by atoms with E-state index < -0.39 is 5.60 Å². The molecule has 1 rings (SSSR count). The fraction of sp³-hybridized carbons (Fsp3) is 0.529. The van der Waals surface area contributed by atoms with Crippen molar-refractivity contribution >= 4 is 24.3 Å². The molecule has 0 saturated carbocycles. The molecule has 0 aromatic heterocycles. The summed E-state index contributed by atoms with van der Waals surface area (Å²) >= 11 is 1.86. The molecule has 0 aliphatic carbocycles. The van der Waals surface area contributed by atoms with Gasteiger partial charge in [0.2, 0.25) is 0 Å². The normalized spacial score (nSPS) is 9.83. The number of thioether (sulfide) groups is 1. The Morgan fingerprint density at radius 1 is 1.25 bits per heavy atom. The van der Waals surface area contributed by atoms with E-state index in [-0.39, 0.29) is 6.09 Å². The third-order valence-electron chi connectivity index (χ3n) is 2.60. The van der Waals surface area contributed by atoms with Gasteiger partial charge in [0.25, 0.3) is 0 Å². The van der Waals surface area contributed by atoms with Crippen LogP contribution in [0.3, 0.4) is 0 Å². The van der Waals surface area contributed by atoms with Crippen LogP contribution in [0.15, 0.2) is 35.2 Å². The first-order chi connectivity index (χ1) is 10.8. The van der Waals surface area contributed by atoms with Gasteiger partial charge in [-0.2, -0.15) is 6.41 Å². The van der Waals surface area contributed by atoms with Gasteiger partial charge in [0.05, 0.1) is 0 Å². The third kappa shape index (κ3) is 13.0. The number of unbranched alkanes of at least 4 members (excludes halogenated alkanes) is 1. The first-order valence-corrected chi connectivity index (χ1v) is 8.48. The number of primary amides is 1. The number of ether oxygens (including phenoxy) is 1. The van der Waals surface area contributed by atoms with E-state index in [1.807, 2.05) is 38.6 Å². The Morgan fingerprint density at radius 2 is 1.79 bits per heavy atom. The maximum absolute atomic E-state index is 11.7. The summed E-state index contributed by atoms with van der Waals surface area (Å²) in [6.07, 6.45) is 2.84. The van der Waals surface area contributed by atoms with E-state index in [1.165, 1.54) is 4.90 Å². The summed E-state index contributed by atoms with van der Waals surface area (Å²) in [7, 11) is 1.79. The van der Waals surface area contributed by atoms with Gasteiger partial charge in [0, 0.05) is 18.5 Å². The quantitative estimate of drug-likeness (QED) is 0.237. The van der Waals surface area contributed by atoms with E-state index in [0.717, 1.165) is 31.5 Å². The Balaban J connectivity index is 0. The molecule has 0 unspecified atom stereocenters. The zero-order valence-corrected chi connectivity index (χ0v) is 17.9. The Bertz CT molecular complexity index is 453. The van der Waals surface area contributed by atoms with E-state index >= 15 is 0 Å². The van der Waals surface area contributed by atoms with Crippen LogP contribution in [0, 0.1) is 0 Å². The van der Waals surface area contributed by atoms with Crippen LogP contribution in [0.2, 0.25) is 0 Å². The summed E-state index contributed by atoms with van der Waals surface area (Å²) < 4.78 is 5.31. The van der Waals surface area contributed by atoms with E-state index in [1.54, 1.807) is 11.9 Å². The van der Waals surface area contributed by atoms with Gasteiger partial charge in [-0.15, -0.1) is 11.8 Å². The van der Waals surface area contributed by atoms with Gasteiger partial charge >= 0.3 is 6.09 Å². The van der Waals surface area contributed by atoms with Crippen molar-refractivity contribution in [3.63, 3.8) is 0 Å². The molecule has 2 amide bonds. The van der Waals surface area contributed by atoms with Crippen LogP contribution >= 0.6 is 11.8 Å². The molecule has 1 aromatic rings. The Hall–Kier alpha value is -2.69. The van der Waals surface area contributed by atoms with Crippen molar-refractivity contribution in [2.24, 2.45) is 5.73 Å². The molecule has 0 atom stereocenters. The maximum atomic E-state index is 11.7. The second-order valence-electron chi connectivity index (χ2n) is 5.89. The summed E-state index contributed by atoms with van der Waals surface area (Å²) in [6, 6.07) is 10.4. The topological polar surface area (TPSA) is 72.6 Å². The smallest absolute Gasteiger partial charge is 0.410 e. The molecule has 1 aromatic carbocycles. The number of amides is 2. The van der Waals surface area contributed by atoms with Gasteiger partial charge in [-0.3, -0.25) is 0 Å². The molecule has 0 spiro atoms. The minimum atomic E-state index is -0.422. The second kappa shape index (κ2) is 12.8. The minimum absolute atomic E-state index is 0. The largest absolute Gasteiger partial charge is 0.543 e. The fourth-order valence-corrected chi connectivity index (χ4v) is 2.52. The zero-order valence-electron chi connectivity index (χ0n) is 14.7. The standard InChI is InChI=1S/C16H25NO2S.CH2NO.Fm/c1-16(2,3)19-15(18)17(4)12-8-9-13-20-14-10-6-5-7-11-14;2-1-3;/h5-7,10-11H,8-9,12-13H2,1-4H3;(H2,2,3);/q;-1;. The Labute approximate surface area is 143 Å². The van der Waals surface area contributed by atoms with Crippen LogP contribution < -0.4 is 5.73 Å². The predicted molar refractivity (Wildman–Crippen MR) is 95.1 cm³/mol. The molecule has 142 valence electrons. The molecule has 0 radical (unpaired) electrons. The zero-order chi connectivity index (χ0) is 17.7. The maximum Gasteiger partial charge on any atom is 0.410 e. The Kier molecular flexibility index (Phi) is 12.6. The molecule has 0 bridgehead atoms. The molecular formula is C17H27FmN2O3S-. The number of carbonyl (C=O) groups is 1. The van der Waals surface area contributed by atoms with Gasteiger partial charge in [0.1, 0.15) is 5.60 Å². The van der Waals surface area contributed by atoms with Gasteiger partial charge in [-0.05, 0) is 51.5 Å². The average Bonchev–Trinajstić information content (AvgIpc) is 2.47. The molecule has 24 heavy (non-hydrogen) atoms. The number of rotatable bonds is 6. The number of carbonyl (C=O) groups excluding carboxylic acids is 2. The Morgan fingerprint density at radius 3 is 2.29 bits per heavy atom. The third-order valence-corrected chi connectivity index (χ3v) is 3.70. The number of benzene rings is 1. The predicted octanol–water partition coefficient (Wildman–Crippen LogP) is 3.44. The number of hydrogen-bond acceptors (Lipinski definition) is 4. The fourth-order valence-electron chi connectivity index (χ4n) is 1.59. The molecular weight excluding hydrogens is 569 g/mol. The summed E-state index contributed by atoms with van der Waals surface area (Å²) in [4.78, 5) is 23.2. The van der Waals surface area contributed by atoms with Crippen molar-refractivity contribution in [2.75, 3.05) is 19.3 Å². The van der Waals surface area contributed by atoms with Gasteiger partial charge in [-0.25, -0.2) is 4.79 Å². The summed E-state index contributed by atoms with van der Waals surface area (Å²) in [6.45, 7) is 6.39. The van der Waals surface area contributed by atoms with Crippen LogP contribution in [0.1, 0.15) is 33.6 Å². The van der Waals surface area contributed by atoms with Crippen molar-refractivity contribution in [3.8, 4) is 0 Å². The number of nitrogens with two attached hydrogens (primary N) is 1. The van der Waals surface area contributed by atoms with Crippen molar-refractivity contribution < 1.29 is 14.3 Å². The van der Waals surface area contributed by atoms with Crippen molar-refractivity contribution in [1.82, 2.24) is 4.90 Å². The van der Waals surface area contributed by atoms with Gasteiger partial charge < -0.3 is 20.2 Å². The number of nitrogens with zero attached hydrogens (tertiary/aromatic N) is 1. The molecule has 0 heterocycles. The van der Waals surface area contributed by atoms with Gasteiger partial charge in [0.15, 0.2) is 0 Å². The van der Waals surface area contributed by atoms with Crippen molar-refractivity contribution in [2.45, 2.75) is 44.1 Å². The minimum Gasteiger partial charge on any atom is -0.543 e. The van der Waals surface area contributed by atoms with Crippen LogP contribution in [0.25, 0.3) is 0 Å². The van der Waals surface area contributed by atoms with Crippen molar-refractivity contribution in [1.29, 1.82) is 0 Å². The van der Waals surface area contributed by atoms with Gasteiger partial charge in [-0.1, -0.05) is 18.2 Å². The molecule has 0 saturated heterocycles. The van der Waals surface area contributed by atoms with Crippen molar-refractivity contribution in [3.05, 3.63) is 30.3 Å². The van der Waals surface area contributed by atoms with E-state index in [0.29, 0.717) is 0 Å². The monoisotopic (exact) mass is 596 g/mol. The molecule has 2 N–H and O–H groups in total. The second-order valence-corrected chi connectivity index (χ2v) is 7.06. The number of hydrogen-bond donors (Lipinski definition) is 1.